The van der Waals surface area contributed by atoms with E-state index in [1.54, 1.807) is 0 Å². The number of anilines is 2. The molecule has 2 heterocycles. The highest BCUT2D eigenvalue weighted by Gasteiger charge is 2.36. The Morgan fingerprint density at radius 2 is 1.73 bits per heavy atom. The minimum absolute atomic E-state index is 0.0598. The first kappa shape index (κ1) is 20.1. The number of benzene rings is 2. The second kappa shape index (κ2) is 9.09. The molecule has 0 bridgehead atoms. The lowest BCUT2D eigenvalue weighted by Crippen LogP contribution is -3.16. The lowest BCUT2D eigenvalue weighted by atomic mass is 10.0. The minimum atomic E-state index is -0.229. The number of aromatic amines is 1. The number of nitrogens with one attached hydrogen (secondary N) is 3. The van der Waals surface area contributed by atoms with E-state index in [4.69, 9.17) is 0 Å². The summed E-state index contributed by atoms with van der Waals surface area (Å²) >= 11 is 0. The number of aromatic nitrogens is 1. The van der Waals surface area contributed by atoms with Gasteiger partial charge in [-0.2, -0.15) is 0 Å². The Bertz CT molecular complexity index is 983. The van der Waals surface area contributed by atoms with Gasteiger partial charge in [0.25, 0.3) is 11.7 Å². The van der Waals surface area contributed by atoms with Crippen LogP contribution in [0.15, 0.2) is 72.9 Å². The van der Waals surface area contributed by atoms with Crippen molar-refractivity contribution in [2.45, 2.75) is 19.9 Å². The van der Waals surface area contributed by atoms with Gasteiger partial charge in [0.2, 0.25) is 0 Å². The molecule has 1 aromatic heterocycles. The first-order valence-electron chi connectivity index (χ1n) is 10.6. The van der Waals surface area contributed by atoms with E-state index in [1.165, 1.54) is 4.90 Å². The van der Waals surface area contributed by atoms with Gasteiger partial charge in [-0.05, 0) is 37.1 Å². The van der Waals surface area contributed by atoms with Gasteiger partial charge in [0, 0.05) is 17.3 Å². The highest BCUT2D eigenvalue weighted by atomic mass is 16.2. The van der Waals surface area contributed by atoms with Gasteiger partial charge >= 0.3 is 0 Å². The summed E-state index contributed by atoms with van der Waals surface area (Å²) in [5.74, 6) is 1.19. The number of hydrogen-bond acceptors (Lipinski definition) is 2. The number of aryl methyl sites for hydroxylation is 2. The molecule has 4 rings (SSSR count). The monoisotopic (exact) mass is 402 g/mol. The van der Waals surface area contributed by atoms with Crippen molar-refractivity contribution < 1.29 is 14.7 Å². The van der Waals surface area contributed by atoms with Gasteiger partial charge in [-0.3, -0.25) is 9.69 Å². The van der Waals surface area contributed by atoms with Gasteiger partial charge in [-0.1, -0.05) is 48.5 Å². The number of H-pyrrole nitrogens is 1. The van der Waals surface area contributed by atoms with E-state index in [1.807, 2.05) is 43.5 Å². The van der Waals surface area contributed by atoms with Crippen molar-refractivity contribution in [1.29, 1.82) is 0 Å². The second-order valence-electron chi connectivity index (χ2n) is 8.04. The molecule has 1 amide bonds. The summed E-state index contributed by atoms with van der Waals surface area (Å²) in [5, 5.41) is 3.21. The quantitative estimate of drug-likeness (QED) is 0.688. The number of amides is 1. The summed E-state index contributed by atoms with van der Waals surface area (Å²) < 4.78 is 0. The normalized spacial score (nSPS) is 15.6. The van der Waals surface area contributed by atoms with Gasteiger partial charge in [0.05, 0.1) is 6.20 Å². The summed E-state index contributed by atoms with van der Waals surface area (Å²) in [5.41, 5.74) is 4.19. The Kier molecular flexibility index (Phi) is 6.10. The standard InChI is InChI=1S/C25H28N4O/c1-19-11-12-20(2)22(18-19)27-25(30)24(21-8-4-3-5-9-21)29-16-14-28(15-17-29)23-10-6-7-13-26-23/h3-13,18,24H,14-17H2,1-2H3,(H,27,30)/p+2/t24-/m0/s1. The van der Waals surface area contributed by atoms with Crippen LogP contribution in [0.5, 0.6) is 0 Å². The minimum Gasteiger partial charge on any atom is -0.320 e. The number of carbonyl (C=O) groups is 1. The maximum Gasteiger partial charge on any atom is 0.287 e. The van der Waals surface area contributed by atoms with Crippen molar-refractivity contribution >= 4 is 17.4 Å². The van der Waals surface area contributed by atoms with E-state index in [9.17, 15) is 4.79 Å². The zero-order valence-corrected chi connectivity index (χ0v) is 17.7. The van der Waals surface area contributed by atoms with Crippen LogP contribution in [0.2, 0.25) is 0 Å². The number of nitrogens with zero attached hydrogens (tertiary/aromatic N) is 1. The molecule has 3 aromatic rings. The van der Waals surface area contributed by atoms with Gasteiger partial charge in [-0.15, -0.1) is 0 Å². The van der Waals surface area contributed by atoms with Crippen LogP contribution in [0.25, 0.3) is 0 Å². The Morgan fingerprint density at radius 3 is 2.43 bits per heavy atom. The topological polar surface area (TPSA) is 50.9 Å². The van der Waals surface area contributed by atoms with Crippen molar-refractivity contribution in [2.75, 3.05) is 36.4 Å². The Morgan fingerprint density at radius 1 is 1.00 bits per heavy atom. The average molecular weight is 403 g/mol. The van der Waals surface area contributed by atoms with Crippen LogP contribution in [0.4, 0.5) is 11.5 Å². The van der Waals surface area contributed by atoms with Crippen LogP contribution in [0, 0.1) is 13.8 Å². The van der Waals surface area contributed by atoms with E-state index >= 15 is 0 Å². The molecule has 1 fully saturated rings. The molecule has 0 aliphatic carbocycles. The summed E-state index contributed by atoms with van der Waals surface area (Å²) in [6, 6.07) is 22.3. The molecule has 0 radical (unpaired) electrons. The van der Waals surface area contributed by atoms with Gasteiger partial charge in [0.1, 0.15) is 26.2 Å². The number of pyridine rings is 1. The van der Waals surface area contributed by atoms with Crippen LogP contribution in [-0.2, 0) is 4.79 Å². The maximum atomic E-state index is 13.5. The van der Waals surface area contributed by atoms with E-state index in [-0.39, 0.29) is 11.9 Å². The van der Waals surface area contributed by atoms with E-state index in [2.05, 4.69) is 58.5 Å². The number of carbonyl (C=O) groups excluding carboxylic acids is 1. The van der Waals surface area contributed by atoms with Gasteiger partial charge in [0.15, 0.2) is 6.04 Å². The lowest BCUT2D eigenvalue weighted by Gasteiger charge is -2.33. The molecule has 1 saturated heterocycles. The fourth-order valence-electron chi connectivity index (χ4n) is 4.20. The summed E-state index contributed by atoms with van der Waals surface area (Å²) in [6.45, 7) is 7.72. The van der Waals surface area contributed by atoms with Crippen molar-refractivity contribution in [2.24, 2.45) is 0 Å². The third-order valence-electron chi connectivity index (χ3n) is 5.89. The third kappa shape index (κ3) is 4.52. The van der Waals surface area contributed by atoms with Crippen molar-refractivity contribution in [3.8, 4) is 0 Å². The molecule has 0 saturated carbocycles. The molecule has 30 heavy (non-hydrogen) atoms. The zero-order chi connectivity index (χ0) is 20.9. The van der Waals surface area contributed by atoms with Crippen molar-refractivity contribution in [3.05, 3.63) is 89.6 Å². The Hall–Kier alpha value is -3.18. The largest absolute Gasteiger partial charge is 0.320 e. The SMILES string of the molecule is Cc1ccc(C)c(NC(=O)[C@H](c2ccccc2)[NH+]2CCN(c3cccc[nH+]3)CC2)c1. The van der Waals surface area contributed by atoms with Crippen molar-refractivity contribution in [3.63, 3.8) is 0 Å². The molecular weight excluding hydrogens is 372 g/mol. The number of piperazine rings is 1. The van der Waals surface area contributed by atoms with Crippen LogP contribution >= 0.6 is 0 Å². The van der Waals surface area contributed by atoms with E-state index < -0.39 is 0 Å². The molecule has 0 unspecified atom stereocenters. The molecule has 0 spiro atoms. The lowest BCUT2D eigenvalue weighted by molar-refractivity contribution is -0.922. The van der Waals surface area contributed by atoms with Crippen LogP contribution in [-0.4, -0.2) is 32.1 Å². The smallest absolute Gasteiger partial charge is 0.287 e. The van der Waals surface area contributed by atoms with Crippen LogP contribution < -0.4 is 20.1 Å². The number of rotatable bonds is 5. The van der Waals surface area contributed by atoms with Crippen molar-refractivity contribution in [1.82, 2.24) is 0 Å². The first-order chi connectivity index (χ1) is 14.6. The molecule has 2 aromatic carbocycles. The summed E-state index contributed by atoms with van der Waals surface area (Å²) in [4.78, 5) is 20.5. The van der Waals surface area contributed by atoms with Crippen LogP contribution in [0.3, 0.4) is 0 Å². The molecule has 5 nitrogen and oxygen atoms in total. The molecule has 3 N–H and O–H groups in total. The molecule has 1 aliphatic rings. The summed E-state index contributed by atoms with van der Waals surface area (Å²) in [6.07, 6.45) is 1.96. The molecule has 154 valence electrons. The fourth-order valence-corrected chi connectivity index (χ4v) is 4.20. The highest BCUT2D eigenvalue weighted by Crippen LogP contribution is 2.19. The molecule has 1 atom stereocenters. The van der Waals surface area contributed by atoms with Gasteiger partial charge in [-0.25, -0.2) is 4.98 Å². The second-order valence-corrected chi connectivity index (χ2v) is 8.04. The van der Waals surface area contributed by atoms with E-state index in [0.717, 1.165) is 54.4 Å². The zero-order valence-electron chi connectivity index (χ0n) is 17.7. The van der Waals surface area contributed by atoms with Crippen LogP contribution in [0.1, 0.15) is 22.7 Å². The third-order valence-corrected chi connectivity index (χ3v) is 5.89. The van der Waals surface area contributed by atoms with Gasteiger partial charge < -0.3 is 10.2 Å². The number of hydrogen-bond donors (Lipinski definition) is 2. The predicted octanol–water partition coefficient (Wildman–Crippen LogP) is 2.20. The fraction of sp³-hybridized carbons (Fsp3) is 0.280. The molecular formula is C25H30N4O+2. The molecule has 1 aliphatic heterocycles. The molecule has 5 heteroatoms. The maximum absolute atomic E-state index is 13.5. The first-order valence-corrected chi connectivity index (χ1v) is 10.6. The average Bonchev–Trinajstić information content (AvgIpc) is 2.78. The Labute approximate surface area is 178 Å². The van der Waals surface area contributed by atoms with E-state index in [0.29, 0.717) is 0 Å². The Balaban J connectivity index is 1.54. The summed E-state index contributed by atoms with van der Waals surface area (Å²) in [7, 11) is 0. The predicted molar refractivity (Wildman–Crippen MR) is 120 cm³/mol. The number of quaternary nitrogens is 1. The highest BCUT2D eigenvalue weighted by molar-refractivity contribution is 5.95.